The molecule has 0 amide bonds. The van der Waals surface area contributed by atoms with Crippen LogP contribution in [0.3, 0.4) is 0 Å². The van der Waals surface area contributed by atoms with Crippen molar-refractivity contribution in [2.24, 2.45) is 5.41 Å². The predicted octanol–water partition coefficient (Wildman–Crippen LogP) is 10.0. The number of carbonyl (C=O) groups is 1. The van der Waals surface area contributed by atoms with E-state index in [2.05, 4.69) is 34.6 Å². The van der Waals surface area contributed by atoms with Gasteiger partial charge in [0.1, 0.15) is 0 Å². The van der Waals surface area contributed by atoms with Gasteiger partial charge in [-0.25, -0.2) is 0 Å². The van der Waals surface area contributed by atoms with E-state index in [4.69, 9.17) is 4.84 Å². The Morgan fingerprint density at radius 3 is 1.52 bits per heavy atom. The van der Waals surface area contributed by atoms with Crippen LogP contribution in [0.15, 0.2) is 0 Å². The van der Waals surface area contributed by atoms with Crippen LogP contribution in [0.2, 0.25) is 0 Å². The second-order valence-electron chi connectivity index (χ2n) is 10.7. The van der Waals surface area contributed by atoms with Crippen molar-refractivity contribution in [1.82, 2.24) is 5.06 Å². The molecule has 198 valence electrons. The lowest BCUT2D eigenvalue weighted by Crippen LogP contribution is -2.29. The van der Waals surface area contributed by atoms with Crippen molar-refractivity contribution in [3.05, 3.63) is 0 Å². The van der Waals surface area contributed by atoms with Gasteiger partial charge in [0.25, 0.3) is 0 Å². The molecular weight excluding hydrogens is 406 g/mol. The van der Waals surface area contributed by atoms with E-state index in [1.165, 1.54) is 103 Å². The Morgan fingerprint density at radius 1 is 0.606 bits per heavy atom. The number of rotatable bonds is 25. The van der Waals surface area contributed by atoms with Crippen LogP contribution >= 0.6 is 0 Å². The average Bonchev–Trinajstić information content (AvgIpc) is 2.82. The first-order chi connectivity index (χ1) is 16.0. The Kier molecular flexibility index (Phi) is 22.8. The van der Waals surface area contributed by atoms with Crippen molar-refractivity contribution in [2.45, 2.75) is 169 Å². The summed E-state index contributed by atoms with van der Waals surface area (Å²) in [5.74, 6) is -0.0171. The first-order valence-corrected chi connectivity index (χ1v) is 15.0. The minimum atomic E-state index is -0.0171. The monoisotopic (exact) mass is 467 g/mol. The highest BCUT2D eigenvalue weighted by atomic mass is 16.7. The summed E-state index contributed by atoms with van der Waals surface area (Å²) in [6.45, 7) is 13.4. The van der Waals surface area contributed by atoms with Crippen LogP contribution in [0.1, 0.15) is 169 Å². The van der Waals surface area contributed by atoms with Crippen molar-refractivity contribution in [3.8, 4) is 0 Å². The van der Waals surface area contributed by atoms with E-state index < -0.39 is 0 Å². The van der Waals surface area contributed by atoms with Crippen LogP contribution in [0.5, 0.6) is 0 Å². The first kappa shape index (κ1) is 32.4. The Labute approximate surface area is 208 Å². The number of nitrogens with zero attached hydrogens (tertiary/aromatic N) is 1. The summed E-state index contributed by atoms with van der Waals surface area (Å²) in [6.07, 6.45) is 25.8. The third kappa shape index (κ3) is 20.5. The minimum Gasteiger partial charge on any atom is -0.368 e. The SMILES string of the molecule is CCCCCCCCN(CCCCCCCC)OC(=O)CCCCCCCC(C)(CC)CC. The van der Waals surface area contributed by atoms with E-state index >= 15 is 0 Å². The molecule has 0 bridgehead atoms. The van der Waals surface area contributed by atoms with E-state index in [-0.39, 0.29) is 5.97 Å². The zero-order chi connectivity index (χ0) is 24.6. The molecule has 3 heteroatoms. The Hall–Kier alpha value is -0.570. The zero-order valence-corrected chi connectivity index (χ0v) is 23.5. The van der Waals surface area contributed by atoms with E-state index in [1.54, 1.807) is 0 Å². The number of carbonyl (C=O) groups excluding carboxylic acids is 1. The maximum Gasteiger partial charge on any atom is 0.325 e. The molecule has 3 nitrogen and oxygen atoms in total. The van der Waals surface area contributed by atoms with Gasteiger partial charge in [0.15, 0.2) is 0 Å². The van der Waals surface area contributed by atoms with E-state index in [0.29, 0.717) is 11.8 Å². The van der Waals surface area contributed by atoms with Gasteiger partial charge in [0.2, 0.25) is 0 Å². The van der Waals surface area contributed by atoms with Crippen LogP contribution in [0.4, 0.5) is 0 Å². The number of hydroxylamine groups is 2. The highest BCUT2D eigenvalue weighted by Gasteiger charge is 2.18. The fourth-order valence-electron chi connectivity index (χ4n) is 4.48. The zero-order valence-electron chi connectivity index (χ0n) is 23.5. The molecule has 0 N–H and O–H groups in total. The Morgan fingerprint density at radius 2 is 1.03 bits per heavy atom. The van der Waals surface area contributed by atoms with Gasteiger partial charge in [0.05, 0.1) is 0 Å². The highest BCUT2D eigenvalue weighted by molar-refractivity contribution is 5.68. The van der Waals surface area contributed by atoms with Gasteiger partial charge < -0.3 is 4.84 Å². The van der Waals surface area contributed by atoms with E-state index in [0.717, 1.165) is 38.8 Å². The summed E-state index contributed by atoms with van der Waals surface area (Å²) < 4.78 is 0. The molecule has 0 aliphatic carbocycles. The minimum absolute atomic E-state index is 0.0171. The number of hydrogen-bond donors (Lipinski definition) is 0. The van der Waals surface area contributed by atoms with Crippen molar-refractivity contribution in [1.29, 1.82) is 0 Å². The van der Waals surface area contributed by atoms with Crippen LogP contribution in [0, 0.1) is 5.41 Å². The largest absolute Gasteiger partial charge is 0.368 e. The molecular formula is C30H61NO2. The van der Waals surface area contributed by atoms with Crippen molar-refractivity contribution in [2.75, 3.05) is 13.1 Å². The van der Waals surface area contributed by atoms with Gasteiger partial charge in [-0.2, -0.15) is 0 Å². The second kappa shape index (κ2) is 23.2. The number of hydrogen-bond acceptors (Lipinski definition) is 3. The molecule has 0 aliphatic heterocycles. The van der Waals surface area contributed by atoms with Gasteiger partial charge in [-0.3, -0.25) is 4.79 Å². The standard InChI is InChI=1S/C30H61NO2/c1-6-10-12-14-19-23-27-31(28-24-20-15-13-11-7-2)33-29(32)25-21-17-16-18-22-26-30(5,8-3)9-4/h6-28H2,1-5H3. The lowest BCUT2D eigenvalue weighted by atomic mass is 9.80. The smallest absolute Gasteiger partial charge is 0.325 e. The fraction of sp³-hybridized carbons (Fsp3) is 0.967. The molecule has 0 spiro atoms. The fourth-order valence-corrected chi connectivity index (χ4v) is 4.48. The van der Waals surface area contributed by atoms with Crippen LogP contribution < -0.4 is 0 Å². The molecule has 0 unspecified atom stereocenters. The van der Waals surface area contributed by atoms with Gasteiger partial charge in [-0.15, -0.1) is 5.06 Å². The molecule has 0 saturated heterocycles. The number of unbranched alkanes of at least 4 members (excludes halogenated alkanes) is 14. The van der Waals surface area contributed by atoms with Crippen LogP contribution in [0.25, 0.3) is 0 Å². The molecule has 0 aromatic rings. The van der Waals surface area contributed by atoms with E-state index in [1.807, 2.05) is 5.06 Å². The quantitative estimate of drug-likeness (QED) is 0.0987. The topological polar surface area (TPSA) is 29.5 Å². The van der Waals surface area contributed by atoms with Crippen LogP contribution in [-0.4, -0.2) is 24.1 Å². The van der Waals surface area contributed by atoms with Crippen molar-refractivity contribution in [3.63, 3.8) is 0 Å². The second-order valence-corrected chi connectivity index (χ2v) is 10.7. The molecule has 0 radical (unpaired) electrons. The van der Waals surface area contributed by atoms with Crippen molar-refractivity contribution >= 4 is 5.97 Å². The third-order valence-corrected chi connectivity index (χ3v) is 7.62. The maximum atomic E-state index is 12.4. The first-order valence-electron chi connectivity index (χ1n) is 15.0. The van der Waals surface area contributed by atoms with Gasteiger partial charge in [-0.1, -0.05) is 137 Å². The molecule has 0 heterocycles. The Bertz CT molecular complexity index is 404. The maximum absolute atomic E-state index is 12.4. The summed E-state index contributed by atoms with van der Waals surface area (Å²) >= 11 is 0. The van der Waals surface area contributed by atoms with Gasteiger partial charge >= 0.3 is 5.97 Å². The summed E-state index contributed by atoms with van der Waals surface area (Å²) in [4.78, 5) is 18.2. The summed E-state index contributed by atoms with van der Waals surface area (Å²) in [6, 6.07) is 0. The average molecular weight is 468 g/mol. The lowest BCUT2D eigenvalue weighted by Gasteiger charge is -2.26. The predicted molar refractivity (Wildman–Crippen MR) is 145 cm³/mol. The molecule has 33 heavy (non-hydrogen) atoms. The summed E-state index contributed by atoms with van der Waals surface area (Å²) in [5, 5.41) is 1.98. The normalized spacial score (nSPS) is 11.9. The van der Waals surface area contributed by atoms with E-state index in [9.17, 15) is 4.79 Å². The molecule has 0 aliphatic rings. The van der Waals surface area contributed by atoms with Crippen molar-refractivity contribution < 1.29 is 9.63 Å². The van der Waals surface area contributed by atoms with Gasteiger partial charge in [0, 0.05) is 19.5 Å². The summed E-state index contributed by atoms with van der Waals surface area (Å²) in [7, 11) is 0. The molecule has 0 atom stereocenters. The molecule has 0 fully saturated rings. The summed E-state index contributed by atoms with van der Waals surface area (Å²) in [5.41, 5.74) is 0.527. The lowest BCUT2D eigenvalue weighted by molar-refractivity contribution is -0.191. The highest BCUT2D eigenvalue weighted by Crippen LogP contribution is 2.31. The molecule has 0 aromatic carbocycles. The van der Waals surface area contributed by atoms with Crippen LogP contribution in [-0.2, 0) is 9.63 Å². The molecule has 0 saturated carbocycles. The van der Waals surface area contributed by atoms with Gasteiger partial charge in [-0.05, 0) is 31.1 Å². The Balaban J connectivity index is 4.06. The third-order valence-electron chi connectivity index (χ3n) is 7.62. The molecule has 0 aromatic heterocycles. The molecule has 0 rings (SSSR count).